The molecule has 0 radical (unpaired) electrons. The third-order valence-corrected chi connectivity index (χ3v) is 4.21. The van der Waals surface area contributed by atoms with Crippen molar-refractivity contribution in [3.8, 4) is 0 Å². The first-order chi connectivity index (χ1) is 7.86. The van der Waals surface area contributed by atoms with Crippen LogP contribution in [-0.2, 0) is 9.22 Å². The summed E-state index contributed by atoms with van der Waals surface area (Å²) in [6.45, 7) is 11.1. The molecule has 0 aliphatic heterocycles. The fraction of sp³-hybridized carbons (Fsp3) is 0.786. The number of rotatable bonds is 4. The Kier molecular flexibility index (Phi) is 5.14. The summed E-state index contributed by atoms with van der Waals surface area (Å²) in [4.78, 5) is 11.2. The van der Waals surface area contributed by atoms with Gasteiger partial charge in [-0.15, -0.1) is 0 Å². The molecule has 1 aliphatic carbocycles. The van der Waals surface area contributed by atoms with E-state index in [1.807, 2.05) is 0 Å². The van der Waals surface area contributed by atoms with Gasteiger partial charge in [-0.2, -0.15) is 0 Å². The average Bonchev–Trinajstić information content (AvgIpc) is 2.24. The normalized spacial score (nSPS) is 27.2. The zero-order valence-corrected chi connectivity index (χ0v) is 12.9. The second-order valence-electron chi connectivity index (χ2n) is 6.38. The van der Waals surface area contributed by atoms with Gasteiger partial charge in [-0.1, -0.05) is 32.9 Å². The summed E-state index contributed by atoms with van der Waals surface area (Å²) in [6.07, 6.45) is 7.51. The molecule has 0 fully saturated rings. The number of carbonyl (C=O) groups excluding carboxylic acids is 1. The maximum Gasteiger partial charge on any atom is 0.171 e. The molecular formula is C14H26O2Si. The molecule has 0 aromatic carbocycles. The highest BCUT2D eigenvalue weighted by atomic mass is 28.3. The minimum atomic E-state index is -1.08. The SMILES string of the molecule is C[SiH](C)OC(C1CC=CCC1C=O)C(C)(C)C. The lowest BCUT2D eigenvalue weighted by Crippen LogP contribution is -2.43. The zero-order chi connectivity index (χ0) is 13.1. The van der Waals surface area contributed by atoms with E-state index in [-0.39, 0.29) is 17.4 Å². The van der Waals surface area contributed by atoms with Gasteiger partial charge in [0.1, 0.15) is 6.29 Å². The second-order valence-corrected chi connectivity index (χ2v) is 8.75. The first-order valence-electron chi connectivity index (χ1n) is 6.62. The molecule has 1 aliphatic rings. The van der Waals surface area contributed by atoms with Crippen molar-refractivity contribution in [2.75, 3.05) is 0 Å². The Morgan fingerprint density at radius 3 is 2.35 bits per heavy atom. The predicted octanol–water partition coefficient (Wildman–Crippen LogP) is 3.18. The maximum atomic E-state index is 11.2. The van der Waals surface area contributed by atoms with Crippen molar-refractivity contribution in [1.82, 2.24) is 0 Å². The lowest BCUT2D eigenvalue weighted by molar-refractivity contribution is -0.115. The molecular weight excluding hydrogens is 228 g/mol. The van der Waals surface area contributed by atoms with Crippen LogP contribution in [0.25, 0.3) is 0 Å². The molecule has 0 aromatic rings. The van der Waals surface area contributed by atoms with E-state index in [2.05, 4.69) is 46.0 Å². The molecule has 3 atom stereocenters. The summed E-state index contributed by atoms with van der Waals surface area (Å²) in [5, 5.41) is 0. The van der Waals surface area contributed by atoms with Crippen molar-refractivity contribution in [1.29, 1.82) is 0 Å². The lowest BCUT2D eigenvalue weighted by Gasteiger charge is -2.41. The van der Waals surface area contributed by atoms with E-state index in [0.29, 0.717) is 5.92 Å². The first-order valence-corrected chi connectivity index (χ1v) is 9.40. The zero-order valence-electron chi connectivity index (χ0n) is 11.8. The number of hydrogen-bond donors (Lipinski definition) is 0. The van der Waals surface area contributed by atoms with Gasteiger partial charge in [-0.3, -0.25) is 0 Å². The number of carbonyl (C=O) groups is 1. The van der Waals surface area contributed by atoms with Crippen molar-refractivity contribution in [3.63, 3.8) is 0 Å². The van der Waals surface area contributed by atoms with Gasteiger partial charge in [0, 0.05) is 5.92 Å². The topological polar surface area (TPSA) is 26.3 Å². The summed E-state index contributed by atoms with van der Waals surface area (Å²) in [5.74, 6) is 0.490. The van der Waals surface area contributed by atoms with Crippen LogP contribution in [0, 0.1) is 17.3 Å². The van der Waals surface area contributed by atoms with Gasteiger partial charge >= 0.3 is 0 Å². The maximum absolute atomic E-state index is 11.2. The monoisotopic (exact) mass is 254 g/mol. The van der Waals surface area contributed by atoms with Gasteiger partial charge in [-0.25, -0.2) is 0 Å². The summed E-state index contributed by atoms with van der Waals surface area (Å²) >= 11 is 0. The number of aldehydes is 1. The van der Waals surface area contributed by atoms with Crippen LogP contribution in [-0.4, -0.2) is 21.4 Å². The van der Waals surface area contributed by atoms with Crippen LogP contribution in [0.2, 0.25) is 13.1 Å². The largest absolute Gasteiger partial charge is 0.417 e. The minimum Gasteiger partial charge on any atom is -0.417 e. The standard InChI is InChI=1S/C14H26O2Si/c1-14(2,3)13(16-17(4)5)12-9-7-6-8-11(12)10-15/h6-7,10-13,17H,8-9H2,1-5H3. The molecule has 0 aromatic heterocycles. The van der Waals surface area contributed by atoms with Crippen LogP contribution in [0.4, 0.5) is 0 Å². The molecule has 0 N–H and O–H groups in total. The molecule has 3 unspecified atom stereocenters. The van der Waals surface area contributed by atoms with Crippen LogP contribution in [0.5, 0.6) is 0 Å². The van der Waals surface area contributed by atoms with Gasteiger partial charge in [0.2, 0.25) is 0 Å². The van der Waals surface area contributed by atoms with Gasteiger partial charge < -0.3 is 9.22 Å². The van der Waals surface area contributed by atoms with E-state index in [1.165, 1.54) is 0 Å². The molecule has 1 rings (SSSR count). The van der Waals surface area contributed by atoms with E-state index in [9.17, 15) is 4.79 Å². The molecule has 0 saturated heterocycles. The molecule has 98 valence electrons. The lowest BCUT2D eigenvalue weighted by atomic mass is 9.72. The van der Waals surface area contributed by atoms with Crippen molar-refractivity contribution in [2.45, 2.75) is 52.8 Å². The first kappa shape index (κ1) is 14.6. The molecule has 0 heterocycles. The van der Waals surface area contributed by atoms with Crippen LogP contribution in [0.3, 0.4) is 0 Å². The minimum absolute atomic E-state index is 0.106. The van der Waals surface area contributed by atoms with Crippen molar-refractivity contribution < 1.29 is 9.22 Å². The van der Waals surface area contributed by atoms with Gasteiger partial charge in [0.05, 0.1) is 6.10 Å². The average molecular weight is 254 g/mol. The van der Waals surface area contributed by atoms with E-state index >= 15 is 0 Å². The van der Waals surface area contributed by atoms with Gasteiger partial charge in [0.15, 0.2) is 9.04 Å². The fourth-order valence-electron chi connectivity index (χ4n) is 2.60. The molecule has 2 nitrogen and oxygen atoms in total. The molecule has 0 saturated carbocycles. The second kappa shape index (κ2) is 5.96. The van der Waals surface area contributed by atoms with Crippen LogP contribution >= 0.6 is 0 Å². The molecule has 0 bridgehead atoms. The molecule has 3 heteroatoms. The molecule has 0 spiro atoms. The molecule has 0 amide bonds. The van der Waals surface area contributed by atoms with E-state index in [0.717, 1.165) is 19.1 Å². The highest BCUT2D eigenvalue weighted by Gasteiger charge is 2.37. The quantitative estimate of drug-likeness (QED) is 0.437. The Morgan fingerprint density at radius 1 is 1.29 bits per heavy atom. The predicted molar refractivity (Wildman–Crippen MR) is 74.6 cm³/mol. The summed E-state index contributed by atoms with van der Waals surface area (Å²) < 4.78 is 6.23. The Bertz CT molecular complexity index is 278. The third-order valence-electron chi connectivity index (χ3n) is 3.37. The highest BCUT2D eigenvalue weighted by molar-refractivity contribution is 6.48. The van der Waals surface area contributed by atoms with E-state index in [4.69, 9.17) is 4.43 Å². The summed E-state index contributed by atoms with van der Waals surface area (Å²) in [5.41, 5.74) is 0.106. The fourth-order valence-corrected chi connectivity index (χ4v) is 3.80. The van der Waals surface area contributed by atoms with Crippen molar-refractivity contribution in [3.05, 3.63) is 12.2 Å². The van der Waals surface area contributed by atoms with Gasteiger partial charge in [-0.05, 0) is 37.3 Å². The number of hydrogen-bond acceptors (Lipinski definition) is 2. The smallest absolute Gasteiger partial charge is 0.171 e. The Balaban J connectivity index is 2.88. The Morgan fingerprint density at radius 2 is 1.88 bits per heavy atom. The Hall–Kier alpha value is -0.413. The highest BCUT2D eigenvalue weighted by Crippen LogP contribution is 2.37. The van der Waals surface area contributed by atoms with Crippen LogP contribution in [0.15, 0.2) is 12.2 Å². The van der Waals surface area contributed by atoms with E-state index in [1.54, 1.807) is 0 Å². The van der Waals surface area contributed by atoms with Crippen molar-refractivity contribution in [2.24, 2.45) is 17.3 Å². The van der Waals surface area contributed by atoms with Crippen LogP contribution in [0.1, 0.15) is 33.6 Å². The number of allylic oxidation sites excluding steroid dienone is 2. The Labute approximate surface area is 107 Å². The van der Waals surface area contributed by atoms with Crippen LogP contribution < -0.4 is 0 Å². The van der Waals surface area contributed by atoms with E-state index < -0.39 is 9.04 Å². The summed E-state index contributed by atoms with van der Waals surface area (Å²) in [7, 11) is -1.08. The molecule has 17 heavy (non-hydrogen) atoms. The summed E-state index contributed by atoms with van der Waals surface area (Å²) in [6, 6.07) is 0. The third kappa shape index (κ3) is 4.07. The van der Waals surface area contributed by atoms with Crippen molar-refractivity contribution >= 4 is 15.3 Å². The van der Waals surface area contributed by atoms with Gasteiger partial charge in [0.25, 0.3) is 0 Å².